The summed E-state index contributed by atoms with van der Waals surface area (Å²) in [6.45, 7) is 3.42. The Bertz CT molecular complexity index is 975. The molecule has 0 radical (unpaired) electrons. The highest BCUT2D eigenvalue weighted by atomic mass is 32.2. The van der Waals surface area contributed by atoms with Gasteiger partial charge >= 0.3 is 0 Å². The van der Waals surface area contributed by atoms with Crippen molar-refractivity contribution in [2.75, 3.05) is 32.1 Å². The van der Waals surface area contributed by atoms with Gasteiger partial charge in [0.15, 0.2) is 15.8 Å². The van der Waals surface area contributed by atoms with Gasteiger partial charge < -0.3 is 10.6 Å². The van der Waals surface area contributed by atoms with Crippen molar-refractivity contribution in [3.05, 3.63) is 42.5 Å². The number of hydrogen-bond donors (Lipinski definition) is 2. The summed E-state index contributed by atoms with van der Waals surface area (Å²) < 4.78 is 25.9. The molecule has 156 valence electrons. The molecule has 2 heterocycles. The van der Waals surface area contributed by atoms with E-state index in [4.69, 9.17) is 11.1 Å². The van der Waals surface area contributed by atoms with Gasteiger partial charge in [0.1, 0.15) is 5.88 Å². The maximum atomic E-state index is 12.9. The summed E-state index contributed by atoms with van der Waals surface area (Å²) in [5.74, 6) is 1.60. The lowest BCUT2D eigenvalue weighted by Crippen LogP contribution is -2.45. The molecule has 0 bridgehead atoms. The molecule has 2 aliphatic heterocycles. The molecule has 0 saturated carbocycles. The van der Waals surface area contributed by atoms with Crippen molar-refractivity contribution in [1.82, 2.24) is 9.80 Å². The molecule has 3 N–H and O–H groups in total. The van der Waals surface area contributed by atoms with Crippen molar-refractivity contribution >= 4 is 26.6 Å². The molecule has 7 heteroatoms. The second kappa shape index (κ2) is 8.32. The van der Waals surface area contributed by atoms with Crippen molar-refractivity contribution < 1.29 is 8.42 Å². The standard InChI is InChI=1S/C22H30N4O2S/c23-22(24)26-13-9-19(10-14-26)18-7-11-25(12-8-18)16-29(27,28)21-6-5-17-3-1-2-4-20(17)15-21/h1-6,15,18-19H,7-14,16H2,(H3,23,24). The van der Waals surface area contributed by atoms with Crippen molar-refractivity contribution in [1.29, 1.82) is 5.41 Å². The number of nitrogens with two attached hydrogens (primary N) is 1. The molecule has 2 saturated heterocycles. The van der Waals surface area contributed by atoms with E-state index in [2.05, 4.69) is 4.90 Å². The lowest BCUT2D eigenvalue weighted by Gasteiger charge is -2.40. The molecular formula is C22H30N4O2S. The highest BCUT2D eigenvalue weighted by Crippen LogP contribution is 2.33. The van der Waals surface area contributed by atoms with Crippen LogP contribution in [0.4, 0.5) is 0 Å². The Kier molecular flexibility index (Phi) is 5.79. The number of hydrogen-bond acceptors (Lipinski definition) is 4. The number of likely N-dealkylation sites (tertiary alicyclic amines) is 2. The monoisotopic (exact) mass is 414 g/mol. The zero-order valence-corrected chi connectivity index (χ0v) is 17.6. The van der Waals surface area contributed by atoms with Crippen LogP contribution in [0.2, 0.25) is 0 Å². The first kappa shape index (κ1) is 20.2. The predicted molar refractivity (Wildman–Crippen MR) is 117 cm³/mol. The normalized spacial score (nSPS) is 20.2. The lowest BCUT2D eigenvalue weighted by atomic mass is 9.79. The molecule has 0 atom stereocenters. The number of piperidine rings is 2. The van der Waals surface area contributed by atoms with Gasteiger partial charge in [-0.1, -0.05) is 30.3 Å². The van der Waals surface area contributed by atoms with E-state index in [9.17, 15) is 8.42 Å². The summed E-state index contributed by atoms with van der Waals surface area (Å²) >= 11 is 0. The van der Waals surface area contributed by atoms with Crippen LogP contribution in [0.3, 0.4) is 0 Å². The minimum atomic E-state index is -3.33. The van der Waals surface area contributed by atoms with Gasteiger partial charge in [-0.25, -0.2) is 8.42 Å². The van der Waals surface area contributed by atoms with E-state index in [0.717, 1.165) is 62.6 Å². The number of nitrogens with zero attached hydrogens (tertiary/aromatic N) is 2. The van der Waals surface area contributed by atoms with E-state index >= 15 is 0 Å². The molecule has 4 rings (SSSR count). The molecule has 0 spiro atoms. The van der Waals surface area contributed by atoms with Crippen LogP contribution < -0.4 is 5.73 Å². The Morgan fingerprint density at radius 3 is 2.14 bits per heavy atom. The number of guanidine groups is 1. The molecule has 2 aromatic rings. The summed E-state index contributed by atoms with van der Waals surface area (Å²) in [7, 11) is -3.33. The third-order valence-corrected chi connectivity index (χ3v) is 8.29. The number of benzene rings is 2. The first-order valence-corrected chi connectivity index (χ1v) is 12.1. The molecule has 0 amide bonds. The molecule has 29 heavy (non-hydrogen) atoms. The van der Waals surface area contributed by atoms with Gasteiger partial charge in [0.2, 0.25) is 0 Å². The van der Waals surface area contributed by atoms with Gasteiger partial charge in [-0.15, -0.1) is 0 Å². The molecule has 0 unspecified atom stereocenters. The molecule has 2 aliphatic rings. The number of nitrogens with one attached hydrogen (secondary N) is 1. The highest BCUT2D eigenvalue weighted by Gasteiger charge is 2.31. The number of sulfone groups is 1. The molecule has 2 aromatic carbocycles. The average molecular weight is 415 g/mol. The SMILES string of the molecule is N=C(N)N1CCC(C2CCN(CS(=O)(=O)c3ccc4ccccc4c3)CC2)CC1. The Labute approximate surface area is 173 Å². The van der Waals surface area contributed by atoms with Gasteiger partial charge in [-0.05, 0) is 73.5 Å². The minimum absolute atomic E-state index is 0.0981. The third-order valence-electron chi connectivity index (χ3n) is 6.61. The maximum absolute atomic E-state index is 12.9. The van der Waals surface area contributed by atoms with Crippen molar-refractivity contribution in [2.45, 2.75) is 30.6 Å². The van der Waals surface area contributed by atoms with Crippen molar-refractivity contribution in [3.63, 3.8) is 0 Å². The van der Waals surface area contributed by atoms with Crippen LogP contribution in [0.1, 0.15) is 25.7 Å². The predicted octanol–water partition coefficient (Wildman–Crippen LogP) is 2.89. The van der Waals surface area contributed by atoms with E-state index in [0.29, 0.717) is 16.7 Å². The Hall–Kier alpha value is -2.12. The van der Waals surface area contributed by atoms with Gasteiger partial charge in [-0.2, -0.15) is 0 Å². The summed E-state index contributed by atoms with van der Waals surface area (Å²) in [6, 6.07) is 13.3. The quantitative estimate of drug-likeness (QED) is 0.593. The van der Waals surface area contributed by atoms with Crippen LogP contribution in [0.15, 0.2) is 47.4 Å². The Balaban J connectivity index is 1.33. The average Bonchev–Trinajstić information content (AvgIpc) is 2.74. The van der Waals surface area contributed by atoms with Gasteiger partial charge in [0.05, 0.1) is 4.90 Å². The Morgan fingerprint density at radius 1 is 0.931 bits per heavy atom. The van der Waals surface area contributed by atoms with Crippen molar-refractivity contribution in [2.24, 2.45) is 17.6 Å². The third kappa shape index (κ3) is 4.56. The van der Waals surface area contributed by atoms with Crippen molar-refractivity contribution in [3.8, 4) is 0 Å². The minimum Gasteiger partial charge on any atom is -0.370 e. The Morgan fingerprint density at radius 2 is 1.52 bits per heavy atom. The molecule has 0 aromatic heterocycles. The van der Waals surface area contributed by atoms with Crippen LogP contribution >= 0.6 is 0 Å². The molecule has 2 fully saturated rings. The molecular weight excluding hydrogens is 384 g/mol. The van der Waals surface area contributed by atoms with Crippen LogP contribution in [-0.4, -0.2) is 56.2 Å². The summed E-state index contributed by atoms with van der Waals surface area (Å²) in [5.41, 5.74) is 5.59. The van der Waals surface area contributed by atoms with Crippen LogP contribution in [0.25, 0.3) is 10.8 Å². The van der Waals surface area contributed by atoms with Crippen LogP contribution in [0, 0.1) is 17.2 Å². The van der Waals surface area contributed by atoms with E-state index in [1.54, 1.807) is 12.1 Å². The van der Waals surface area contributed by atoms with Crippen LogP contribution in [0.5, 0.6) is 0 Å². The van der Waals surface area contributed by atoms with Gasteiger partial charge in [-0.3, -0.25) is 10.3 Å². The molecule has 0 aliphatic carbocycles. The summed E-state index contributed by atoms with van der Waals surface area (Å²) in [4.78, 5) is 4.45. The summed E-state index contributed by atoms with van der Waals surface area (Å²) in [5, 5.41) is 9.59. The zero-order chi connectivity index (χ0) is 20.4. The topological polar surface area (TPSA) is 90.5 Å². The van der Waals surface area contributed by atoms with E-state index in [1.807, 2.05) is 35.2 Å². The van der Waals surface area contributed by atoms with Gasteiger partial charge in [0, 0.05) is 13.1 Å². The molecule has 6 nitrogen and oxygen atoms in total. The zero-order valence-electron chi connectivity index (χ0n) is 16.8. The van der Waals surface area contributed by atoms with E-state index < -0.39 is 9.84 Å². The van der Waals surface area contributed by atoms with E-state index in [-0.39, 0.29) is 11.8 Å². The second-order valence-electron chi connectivity index (χ2n) is 8.42. The largest absolute Gasteiger partial charge is 0.370 e. The number of fused-ring (bicyclic) bond motifs is 1. The fourth-order valence-electron chi connectivity index (χ4n) is 4.84. The van der Waals surface area contributed by atoms with Gasteiger partial charge in [0.25, 0.3) is 0 Å². The number of rotatable bonds is 4. The second-order valence-corrected chi connectivity index (χ2v) is 10.4. The fraction of sp³-hybridized carbons (Fsp3) is 0.500. The first-order valence-electron chi connectivity index (χ1n) is 10.5. The lowest BCUT2D eigenvalue weighted by molar-refractivity contribution is 0.125. The fourth-order valence-corrected chi connectivity index (χ4v) is 6.31. The highest BCUT2D eigenvalue weighted by molar-refractivity contribution is 7.91. The summed E-state index contributed by atoms with van der Waals surface area (Å²) in [6.07, 6.45) is 4.27. The maximum Gasteiger partial charge on any atom is 0.191 e. The first-order chi connectivity index (χ1) is 13.9. The smallest absolute Gasteiger partial charge is 0.191 e. The van der Waals surface area contributed by atoms with E-state index in [1.165, 1.54) is 0 Å². The van der Waals surface area contributed by atoms with Crippen LogP contribution in [-0.2, 0) is 9.84 Å².